The van der Waals surface area contributed by atoms with Gasteiger partial charge in [0.15, 0.2) is 5.82 Å². The van der Waals surface area contributed by atoms with Crippen LogP contribution in [0.3, 0.4) is 0 Å². The molecule has 2 atom stereocenters. The highest BCUT2D eigenvalue weighted by Crippen LogP contribution is 2.20. The molecule has 2 heterocycles. The second-order valence-corrected chi connectivity index (χ2v) is 9.95. The third-order valence-electron chi connectivity index (χ3n) is 5.22. The number of hydrogen-bond acceptors (Lipinski definition) is 7. The van der Waals surface area contributed by atoms with Crippen LogP contribution in [-0.4, -0.2) is 68.5 Å². The zero-order chi connectivity index (χ0) is 21.0. The second-order valence-electron chi connectivity index (χ2n) is 7.87. The van der Waals surface area contributed by atoms with Crippen LogP contribution in [-0.2, 0) is 9.84 Å². The highest BCUT2D eigenvalue weighted by atomic mass is 32.2. The van der Waals surface area contributed by atoms with E-state index < -0.39 is 9.84 Å². The minimum absolute atomic E-state index is 0.264. The average Bonchev–Trinajstić information content (AvgIpc) is 3.18. The van der Waals surface area contributed by atoms with Gasteiger partial charge in [-0.25, -0.2) is 4.21 Å². The number of piperazine rings is 1. The van der Waals surface area contributed by atoms with Crippen molar-refractivity contribution in [3.8, 4) is 5.75 Å². The molecule has 1 aliphatic heterocycles. The third kappa shape index (κ3) is 5.70. The molecule has 1 aromatic heterocycles. The Hall–Kier alpha value is -2.13. The van der Waals surface area contributed by atoms with E-state index in [-0.39, 0.29) is 5.92 Å². The number of rotatable bonds is 8. The van der Waals surface area contributed by atoms with Gasteiger partial charge in [0.2, 0.25) is 0 Å². The fourth-order valence-electron chi connectivity index (χ4n) is 3.26. The van der Waals surface area contributed by atoms with Gasteiger partial charge in [-0.05, 0) is 37.6 Å². The smallest absolute Gasteiger partial charge is 0.324 e. The van der Waals surface area contributed by atoms with Gasteiger partial charge in [-0.3, -0.25) is 4.90 Å². The van der Waals surface area contributed by atoms with Crippen molar-refractivity contribution in [3.63, 3.8) is 0 Å². The molecule has 0 amide bonds. The monoisotopic (exact) mass is 423 g/mol. The molecule has 1 saturated heterocycles. The third-order valence-corrected chi connectivity index (χ3v) is 6.37. The van der Waals surface area contributed by atoms with Gasteiger partial charge in [0.1, 0.15) is 10.6 Å². The van der Waals surface area contributed by atoms with Crippen molar-refractivity contribution in [2.75, 3.05) is 43.9 Å². The summed E-state index contributed by atoms with van der Waals surface area (Å²) in [6.07, 6.45) is 2.22. The Morgan fingerprint density at radius 3 is 2.38 bits per heavy atom. The predicted molar refractivity (Wildman–Crippen MR) is 112 cm³/mol. The van der Waals surface area contributed by atoms with Crippen LogP contribution in [0.4, 0.5) is 6.01 Å². The Bertz CT molecular complexity index is 887. The maximum Gasteiger partial charge on any atom is 0.324 e. The van der Waals surface area contributed by atoms with Crippen molar-refractivity contribution in [3.05, 3.63) is 30.1 Å². The van der Waals surface area contributed by atoms with Crippen molar-refractivity contribution in [2.45, 2.75) is 44.0 Å². The summed E-state index contributed by atoms with van der Waals surface area (Å²) in [6.45, 7) is 10.5. The van der Waals surface area contributed by atoms with Crippen LogP contribution < -0.4 is 9.64 Å². The summed E-state index contributed by atoms with van der Waals surface area (Å²) in [4.78, 5) is 9.49. The Labute approximate surface area is 172 Å². The molecule has 0 bridgehead atoms. The summed E-state index contributed by atoms with van der Waals surface area (Å²) in [5, 5.41) is 4.05. The molecule has 1 N–H and O–H groups in total. The Morgan fingerprint density at radius 2 is 1.83 bits per heavy atom. The number of ether oxygens (including phenoxy) is 1. The first-order valence-electron chi connectivity index (χ1n) is 10.0. The molecule has 1 aromatic carbocycles. The van der Waals surface area contributed by atoms with Crippen molar-refractivity contribution >= 4 is 15.9 Å². The molecule has 9 heteroatoms. The maximum absolute atomic E-state index is 11.6. The van der Waals surface area contributed by atoms with Gasteiger partial charge in [-0.2, -0.15) is 9.19 Å². The van der Waals surface area contributed by atoms with Gasteiger partial charge >= 0.3 is 6.01 Å². The largest absolute Gasteiger partial charge is 0.494 e. The molecular weight excluding hydrogens is 392 g/mol. The van der Waals surface area contributed by atoms with Crippen LogP contribution in [0, 0.1) is 0 Å². The summed E-state index contributed by atoms with van der Waals surface area (Å²) in [7, 11) is -2.93. The Balaban J connectivity index is 1.42. The summed E-state index contributed by atoms with van der Waals surface area (Å²) in [5.74, 6) is 1.73. The van der Waals surface area contributed by atoms with E-state index in [9.17, 15) is 8.42 Å². The van der Waals surface area contributed by atoms with E-state index in [2.05, 4.69) is 40.7 Å². The quantitative estimate of drug-likeness (QED) is 0.603. The summed E-state index contributed by atoms with van der Waals surface area (Å²) < 4.78 is 32.4. The maximum atomic E-state index is 11.6. The zero-order valence-electron chi connectivity index (χ0n) is 17.6. The van der Waals surface area contributed by atoms with E-state index in [1.54, 1.807) is 24.3 Å². The van der Waals surface area contributed by atoms with Crippen LogP contribution in [0.15, 0.2) is 33.7 Å². The van der Waals surface area contributed by atoms with Crippen molar-refractivity contribution in [1.29, 1.82) is 0 Å². The Morgan fingerprint density at radius 1 is 1.17 bits per heavy atom. The minimum Gasteiger partial charge on any atom is -0.494 e. The van der Waals surface area contributed by atoms with Gasteiger partial charge in [0.05, 0.1) is 12.9 Å². The van der Waals surface area contributed by atoms with Crippen LogP contribution in [0.5, 0.6) is 5.75 Å². The van der Waals surface area contributed by atoms with Crippen LogP contribution in [0.25, 0.3) is 0 Å². The normalized spacial score (nSPS) is 18.6. The molecule has 2 unspecified atom stereocenters. The second kappa shape index (κ2) is 9.13. The first-order valence-corrected chi connectivity index (χ1v) is 11.9. The van der Waals surface area contributed by atoms with E-state index in [0.717, 1.165) is 38.4 Å². The van der Waals surface area contributed by atoms with Gasteiger partial charge in [0.25, 0.3) is 9.84 Å². The predicted octanol–water partition coefficient (Wildman–Crippen LogP) is 2.73. The first kappa shape index (κ1) is 21.6. The van der Waals surface area contributed by atoms with Crippen molar-refractivity contribution in [1.82, 2.24) is 15.0 Å². The molecule has 160 valence electrons. The summed E-state index contributed by atoms with van der Waals surface area (Å²) in [6, 6.07) is 7.79. The first-order chi connectivity index (χ1) is 13.7. The lowest BCUT2D eigenvalue weighted by molar-refractivity contribution is 0.163. The lowest BCUT2D eigenvalue weighted by Crippen LogP contribution is -2.50. The molecule has 0 saturated carbocycles. The van der Waals surface area contributed by atoms with E-state index in [0.29, 0.717) is 29.3 Å². The highest BCUT2D eigenvalue weighted by Gasteiger charge is 2.24. The SMILES string of the molecule is CC(C)c1noc(N2CCN(C(C)CCOc3ccc(S(C)(=O)=[OH+])cc3)CC2)n1. The molecular formula is C20H31N4O4S+. The van der Waals surface area contributed by atoms with Crippen molar-refractivity contribution < 1.29 is 17.7 Å². The standard InChI is InChI=1S/C20H30N4O4S/c1-15(2)19-21-20(28-22-19)24-12-10-23(11-13-24)16(3)9-14-27-17-5-7-18(8-6-17)29(4,25)26/h5-8,15-16H,9-14H2,1-4H3/p+1. The number of hydrogen-bond donors (Lipinski definition) is 0. The molecule has 1 aliphatic rings. The minimum atomic E-state index is -2.93. The Kier molecular flexibility index (Phi) is 6.79. The van der Waals surface area contributed by atoms with Gasteiger partial charge in [-0.1, -0.05) is 19.0 Å². The molecule has 2 aromatic rings. The fourth-order valence-corrected chi connectivity index (χ4v) is 3.90. The van der Waals surface area contributed by atoms with E-state index in [1.807, 2.05) is 0 Å². The zero-order valence-corrected chi connectivity index (χ0v) is 18.4. The number of nitrogens with zero attached hydrogens (tertiary/aromatic N) is 4. The molecule has 1 fully saturated rings. The molecule has 3 rings (SSSR count). The van der Waals surface area contributed by atoms with Gasteiger partial charge in [-0.15, -0.1) is 0 Å². The lowest BCUT2D eigenvalue weighted by Gasteiger charge is -2.37. The molecule has 0 spiro atoms. The highest BCUT2D eigenvalue weighted by molar-refractivity contribution is 7.90. The molecule has 8 nitrogen and oxygen atoms in total. The lowest BCUT2D eigenvalue weighted by atomic mass is 10.2. The molecule has 29 heavy (non-hydrogen) atoms. The topological polar surface area (TPSA) is 93.1 Å². The summed E-state index contributed by atoms with van der Waals surface area (Å²) >= 11 is 0. The molecule has 0 radical (unpaired) electrons. The average molecular weight is 424 g/mol. The van der Waals surface area contributed by atoms with Crippen LogP contribution in [0.1, 0.15) is 38.9 Å². The van der Waals surface area contributed by atoms with E-state index >= 15 is 0 Å². The van der Waals surface area contributed by atoms with Crippen LogP contribution in [0.2, 0.25) is 0 Å². The van der Waals surface area contributed by atoms with E-state index in [4.69, 9.17) is 9.26 Å². The van der Waals surface area contributed by atoms with Crippen molar-refractivity contribution in [2.24, 2.45) is 0 Å². The molecule has 0 aliphatic carbocycles. The van der Waals surface area contributed by atoms with Crippen LogP contribution >= 0.6 is 0 Å². The van der Waals surface area contributed by atoms with E-state index in [1.165, 1.54) is 6.26 Å². The number of anilines is 1. The van der Waals surface area contributed by atoms with Gasteiger partial charge < -0.3 is 14.2 Å². The number of aromatic nitrogens is 2. The van der Waals surface area contributed by atoms with Gasteiger partial charge in [0, 0.05) is 38.1 Å². The number of benzene rings is 1. The fraction of sp³-hybridized carbons (Fsp3) is 0.600. The summed E-state index contributed by atoms with van der Waals surface area (Å²) in [5.41, 5.74) is 0.